The first-order valence-electron chi connectivity index (χ1n) is 6.32. The van der Waals surface area contributed by atoms with E-state index in [9.17, 15) is 0 Å². The highest BCUT2D eigenvalue weighted by Crippen LogP contribution is 2.20. The third kappa shape index (κ3) is 5.63. The molecule has 16 heavy (non-hydrogen) atoms. The van der Waals surface area contributed by atoms with Crippen molar-refractivity contribution in [3.63, 3.8) is 0 Å². The van der Waals surface area contributed by atoms with Gasteiger partial charge in [-0.3, -0.25) is 0 Å². The maximum absolute atomic E-state index is 5.60. The molecular formula is C13H24OSi2. The Kier molecular flexibility index (Phi) is 6.02. The summed E-state index contributed by atoms with van der Waals surface area (Å²) in [7, 11) is -0.999. The first-order valence-corrected chi connectivity index (χ1v) is 11.6. The molecule has 1 aromatic carbocycles. The van der Waals surface area contributed by atoms with Crippen LogP contribution < -0.4 is 5.19 Å². The Labute approximate surface area is 103 Å². The van der Waals surface area contributed by atoms with Gasteiger partial charge in [0.1, 0.15) is 0 Å². The van der Waals surface area contributed by atoms with Gasteiger partial charge in [0.05, 0.1) is 9.52 Å². The maximum atomic E-state index is 5.60. The minimum absolute atomic E-state index is 0.0913. The molecule has 3 heteroatoms. The van der Waals surface area contributed by atoms with Crippen LogP contribution in [0.2, 0.25) is 25.7 Å². The number of hydrogen-bond acceptors (Lipinski definition) is 1. The molecule has 0 spiro atoms. The van der Waals surface area contributed by atoms with Crippen molar-refractivity contribution < 1.29 is 4.43 Å². The summed E-state index contributed by atoms with van der Waals surface area (Å²) in [6.45, 7) is 7.92. The van der Waals surface area contributed by atoms with Gasteiger partial charge in [0, 0.05) is 6.61 Å². The van der Waals surface area contributed by atoms with Crippen LogP contribution in [-0.4, -0.2) is 24.4 Å². The first-order chi connectivity index (χ1) is 7.64. The Bertz CT molecular complexity index is 277. The van der Waals surface area contributed by atoms with Gasteiger partial charge < -0.3 is 4.43 Å². The summed E-state index contributed by atoms with van der Waals surface area (Å²) >= 11 is 0. The standard InChI is InChI=1S/C7H10Si.C6H14OSi/c1-8-7-5-3-2-4-6-7;1-8(2)6-4-3-5-7-8/h2-6H,8H2,1H3;3-6H2,1-2H3. The van der Waals surface area contributed by atoms with Crippen LogP contribution in [0.1, 0.15) is 12.8 Å². The highest BCUT2D eigenvalue weighted by atomic mass is 28.4. The Balaban J connectivity index is 0.000000160. The average molecular weight is 253 g/mol. The molecule has 1 fully saturated rings. The predicted octanol–water partition coefficient (Wildman–Crippen LogP) is 2.53. The molecule has 1 nitrogen and oxygen atoms in total. The fourth-order valence-electron chi connectivity index (χ4n) is 1.79. The summed E-state index contributed by atoms with van der Waals surface area (Å²) in [5.41, 5.74) is 0. The van der Waals surface area contributed by atoms with Gasteiger partial charge in [0.2, 0.25) is 0 Å². The van der Waals surface area contributed by atoms with Gasteiger partial charge >= 0.3 is 0 Å². The van der Waals surface area contributed by atoms with Crippen molar-refractivity contribution in [3.8, 4) is 0 Å². The van der Waals surface area contributed by atoms with Crippen LogP contribution in [0.15, 0.2) is 30.3 Å². The third-order valence-corrected chi connectivity index (χ3v) is 6.75. The lowest BCUT2D eigenvalue weighted by atomic mass is 10.4. The molecule has 0 saturated carbocycles. The van der Waals surface area contributed by atoms with Gasteiger partial charge in [-0.1, -0.05) is 48.5 Å². The van der Waals surface area contributed by atoms with Gasteiger partial charge in [0.15, 0.2) is 8.32 Å². The molecule has 0 bridgehead atoms. The second-order valence-electron chi connectivity index (χ2n) is 4.90. The van der Waals surface area contributed by atoms with E-state index >= 15 is 0 Å². The van der Waals surface area contributed by atoms with E-state index in [1.807, 2.05) is 0 Å². The van der Waals surface area contributed by atoms with Crippen molar-refractivity contribution in [1.29, 1.82) is 0 Å². The van der Waals surface area contributed by atoms with Gasteiger partial charge in [-0.25, -0.2) is 0 Å². The van der Waals surface area contributed by atoms with Crippen molar-refractivity contribution in [2.75, 3.05) is 6.61 Å². The number of hydrogen-bond donors (Lipinski definition) is 0. The first kappa shape index (κ1) is 13.7. The van der Waals surface area contributed by atoms with Crippen LogP contribution in [0.5, 0.6) is 0 Å². The summed E-state index contributed by atoms with van der Waals surface area (Å²) in [5, 5.41) is 1.55. The lowest BCUT2D eigenvalue weighted by Gasteiger charge is -2.27. The summed E-state index contributed by atoms with van der Waals surface area (Å²) in [4.78, 5) is 0. The Morgan fingerprint density at radius 1 is 1.12 bits per heavy atom. The minimum Gasteiger partial charge on any atom is -0.417 e. The monoisotopic (exact) mass is 252 g/mol. The fraction of sp³-hybridized carbons (Fsp3) is 0.538. The fourth-order valence-corrected chi connectivity index (χ4v) is 4.47. The molecule has 2 rings (SSSR count). The van der Waals surface area contributed by atoms with E-state index in [1.165, 1.54) is 18.9 Å². The molecule has 90 valence electrons. The highest BCUT2D eigenvalue weighted by molar-refractivity contribution is 6.71. The largest absolute Gasteiger partial charge is 0.417 e. The average Bonchev–Trinajstić information content (AvgIpc) is 2.31. The van der Waals surface area contributed by atoms with E-state index in [1.54, 1.807) is 5.19 Å². The highest BCUT2D eigenvalue weighted by Gasteiger charge is 2.24. The Morgan fingerprint density at radius 3 is 2.12 bits per heavy atom. The van der Waals surface area contributed by atoms with E-state index in [0.717, 1.165) is 6.61 Å². The summed E-state index contributed by atoms with van der Waals surface area (Å²) in [5.74, 6) is 0. The molecule has 0 aliphatic carbocycles. The number of benzene rings is 1. The second-order valence-corrected chi connectivity index (χ2v) is 10.7. The molecule has 1 saturated heterocycles. The quantitative estimate of drug-likeness (QED) is 0.698. The van der Waals surface area contributed by atoms with Crippen molar-refractivity contribution in [2.24, 2.45) is 0 Å². The van der Waals surface area contributed by atoms with Gasteiger partial charge in [-0.15, -0.1) is 0 Å². The molecule has 0 amide bonds. The second kappa shape index (κ2) is 7.04. The minimum atomic E-state index is -1.09. The van der Waals surface area contributed by atoms with Crippen molar-refractivity contribution in [2.45, 2.75) is 38.5 Å². The zero-order chi connectivity index (χ0) is 11.9. The van der Waals surface area contributed by atoms with E-state index in [-0.39, 0.29) is 9.52 Å². The third-order valence-electron chi connectivity index (χ3n) is 2.92. The molecule has 0 aromatic heterocycles. The van der Waals surface area contributed by atoms with Crippen LogP contribution in [0, 0.1) is 0 Å². The van der Waals surface area contributed by atoms with Crippen LogP contribution in [0.4, 0.5) is 0 Å². The van der Waals surface area contributed by atoms with Crippen LogP contribution in [0.3, 0.4) is 0 Å². The zero-order valence-electron chi connectivity index (χ0n) is 10.8. The van der Waals surface area contributed by atoms with Crippen molar-refractivity contribution >= 4 is 23.0 Å². The van der Waals surface area contributed by atoms with Crippen LogP contribution in [-0.2, 0) is 4.43 Å². The van der Waals surface area contributed by atoms with Crippen LogP contribution >= 0.6 is 0 Å². The summed E-state index contributed by atoms with van der Waals surface area (Å²) in [6.07, 6.45) is 2.69. The number of rotatable bonds is 1. The van der Waals surface area contributed by atoms with Gasteiger partial charge in [0.25, 0.3) is 0 Å². The molecule has 1 aliphatic rings. The van der Waals surface area contributed by atoms with E-state index in [0.29, 0.717) is 0 Å². The Morgan fingerprint density at radius 2 is 1.81 bits per heavy atom. The molecule has 0 unspecified atom stereocenters. The van der Waals surface area contributed by atoms with Gasteiger partial charge in [-0.05, 0) is 25.6 Å². The molecule has 1 heterocycles. The van der Waals surface area contributed by atoms with E-state index in [2.05, 4.69) is 50.0 Å². The van der Waals surface area contributed by atoms with E-state index < -0.39 is 8.32 Å². The van der Waals surface area contributed by atoms with Gasteiger partial charge in [-0.2, -0.15) is 0 Å². The summed E-state index contributed by atoms with van der Waals surface area (Å²) in [6, 6.07) is 12.0. The van der Waals surface area contributed by atoms with E-state index in [4.69, 9.17) is 4.43 Å². The maximum Gasteiger partial charge on any atom is 0.186 e. The van der Waals surface area contributed by atoms with Crippen molar-refractivity contribution in [1.82, 2.24) is 0 Å². The molecule has 0 radical (unpaired) electrons. The lowest BCUT2D eigenvalue weighted by Crippen LogP contribution is -2.33. The Hall–Kier alpha value is -0.386. The molecule has 0 N–H and O–H groups in total. The smallest absolute Gasteiger partial charge is 0.186 e. The molecule has 1 aliphatic heterocycles. The van der Waals surface area contributed by atoms with Crippen LogP contribution in [0.25, 0.3) is 0 Å². The molecule has 0 atom stereocenters. The zero-order valence-corrected chi connectivity index (χ0v) is 13.2. The predicted molar refractivity (Wildman–Crippen MR) is 78.0 cm³/mol. The summed E-state index contributed by atoms with van der Waals surface area (Å²) < 4.78 is 5.60. The molecular weight excluding hydrogens is 228 g/mol. The molecule has 1 aromatic rings. The lowest BCUT2D eigenvalue weighted by molar-refractivity contribution is 0.275. The van der Waals surface area contributed by atoms with Crippen molar-refractivity contribution in [3.05, 3.63) is 30.3 Å². The topological polar surface area (TPSA) is 9.23 Å². The normalized spacial score (nSPS) is 19.2. The SMILES string of the molecule is C[SiH2]c1ccccc1.C[Si]1(C)CCCCO1.